The SMILES string of the molecule is C[C@@H](c1ccccc1)N1C[C@@H](c2cccc(C(F)(F)F)c2)N(C[C@@H](O)C(F)(F)F)c2ccccc21. The molecule has 0 bridgehead atoms. The molecular formula is C26H24F6N2O. The summed E-state index contributed by atoms with van der Waals surface area (Å²) in [4.78, 5) is 3.34. The van der Waals surface area contributed by atoms with Gasteiger partial charge in [0.25, 0.3) is 0 Å². The lowest BCUT2D eigenvalue weighted by Gasteiger charge is -2.47. The minimum Gasteiger partial charge on any atom is -0.382 e. The summed E-state index contributed by atoms with van der Waals surface area (Å²) in [6.45, 7) is 1.25. The maximum atomic E-state index is 13.5. The number of hydrogen-bond acceptors (Lipinski definition) is 3. The molecule has 0 amide bonds. The number of anilines is 2. The fourth-order valence-electron chi connectivity index (χ4n) is 4.50. The van der Waals surface area contributed by atoms with Crippen molar-refractivity contribution in [3.05, 3.63) is 95.6 Å². The quantitative estimate of drug-likeness (QED) is 0.397. The molecule has 0 spiro atoms. The Bertz CT molecular complexity index is 1150. The number of benzene rings is 3. The lowest BCUT2D eigenvalue weighted by atomic mass is 9.95. The molecule has 0 fully saturated rings. The van der Waals surface area contributed by atoms with E-state index in [9.17, 15) is 31.4 Å². The van der Waals surface area contributed by atoms with Crippen LogP contribution in [0.25, 0.3) is 0 Å². The van der Waals surface area contributed by atoms with Gasteiger partial charge < -0.3 is 14.9 Å². The molecule has 1 aliphatic rings. The summed E-state index contributed by atoms with van der Waals surface area (Å²) in [7, 11) is 0. The summed E-state index contributed by atoms with van der Waals surface area (Å²) in [6.07, 6.45) is -12.1. The third kappa shape index (κ3) is 5.24. The molecule has 1 heterocycles. The number of hydrogen-bond donors (Lipinski definition) is 1. The molecule has 0 aliphatic carbocycles. The lowest BCUT2D eigenvalue weighted by Crippen LogP contribution is -2.49. The average molecular weight is 494 g/mol. The highest BCUT2D eigenvalue weighted by Crippen LogP contribution is 2.45. The number of para-hydroxylation sites is 2. The summed E-state index contributed by atoms with van der Waals surface area (Å²) in [5, 5.41) is 9.90. The van der Waals surface area contributed by atoms with Gasteiger partial charge in [0.2, 0.25) is 0 Å². The van der Waals surface area contributed by atoms with E-state index in [1.807, 2.05) is 42.2 Å². The minimum absolute atomic E-state index is 0.124. The van der Waals surface area contributed by atoms with Crippen molar-refractivity contribution in [3.8, 4) is 0 Å². The highest BCUT2D eigenvalue weighted by Gasteiger charge is 2.43. The van der Waals surface area contributed by atoms with Crippen molar-refractivity contribution >= 4 is 11.4 Å². The molecule has 0 unspecified atom stereocenters. The zero-order valence-electron chi connectivity index (χ0n) is 18.8. The second kappa shape index (κ2) is 9.45. The maximum Gasteiger partial charge on any atom is 0.416 e. The summed E-state index contributed by atoms with van der Waals surface area (Å²) < 4.78 is 80.3. The normalized spacial score (nSPS) is 18.2. The standard InChI is InChI=1S/C26H24F6N2O/c1-17(18-8-3-2-4-9-18)33-15-23(19-10-7-11-20(14-19)25(27,28)29)34(16-24(35)26(30,31)32)22-13-6-5-12-21(22)33/h2-14,17,23-24,35H,15-16H2,1H3/t17-,23-,24+/m0/s1. The molecule has 3 atom stereocenters. The first-order valence-electron chi connectivity index (χ1n) is 11.1. The highest BCUT2D eigenvalue weighted by atomic mass is 19.4. The number of β-amino-alcohol motifs (C(OH)–C–C–N with tert-alkyl or cyclic N) is 1. The molecule has 1 N–H and O–H groups in total. The Labute approximate surface area is 199 Å². The van der Waals surface area contributed by atoms with Crippen LogP contribution in [0.2, 0.25) is 0 Å². The molecule has 0 saturated carbocycles. The van der Waals surface area contributed by atoms with Crippen molar-refractivity contribution in [2.45, 2.75) is 37.5 Å². The zero-order valence-corrected chi connectivity index (χ0v) is 18.8. The van der Waals surface area contributed by atoms with E-state index in [0.29, 0.717) is 11.4 Å². The fraction of sp³-hybridized carbons (Fsp3) is 0.308. The van der Waals surface area contributed by atoms with Crippen LogP contribution >= 0.6 is 0 Å². The Morgan fingerprint density at radius 2 is 1.49 bits per heavy atom. The van der Waals surface area contributed by atoms with E-state index in [2.05, 4.69) is 0 Å². The van der Waals surface area contributed by atoms with Crippen molar-refractivity contribution in [3.63, 3.8) is 0 Å². The molecule has 0 saturated heterocycles. The van der Waals surface area contributed by atoms with Gasteiger partial charge in [-0.1, -0.05) is 54.6 Å². The zero-order chi connectivity index (χ0) is 25.4. The third-order valence-electron chi connectivity index (χ3n) is 6.34. The molecule has 186 valence electrons. The first-order chi connectivity index (χ1) is 16.5. The average Bonchev–Trinajstić information content (AvgIpc) is 2.83. The highest BCUT2D eigenvalue weighted by molar-refractivity contribution is 5.75. The summed E-state index contributed by atoms with van der Waals surface area (Å²) >= 11 is 0. The second-order valence-electron chi connectivity index (χ2n) is 8.58. The van der Waals surface area contributed by atoms with Crippen molar-refractivity contribution in [1.29, 1.82) is 0 Å². The Hall–Kier alpha value is -3.20. The minimum atomic E-state index is -4.87. The number of aliphatic hydroxyl groups excluding tert-OH is 1. The lowest BCUT2D eigenvalue weighted by molar-refractivity contribution is -0.200. The fourth-order valence-corrected chi connectivity index (χ4v) is 4.50. The Morgan fingerprint density at radius 1 is 0.857 bits per heavy atom. The van der Waals surface area contributed by atoms with E-state index in [0.717, 1.165) is 17.7 Å². The number of fused-ring (bicyclic) bond motifs is 1. The third-order valence-corrected chi connectivity index (χ3v) is 6.34. The van der Waals surface area contributed by atoms with E-state index in [1.165, 1.54) is 17.0 Å². The van der Waals surface area contributed by atoms with Crippen LogP contribution in [0, 0.1) is 0 Å². The Balaban J connectivity index is 1.83. The van der Waals surface area contributed by atoms with Crippen LogP contribution in [-0.4, -0.2) is 30.5 Å². The smallest absolute Gasteiger partial charge is 0.382 e. The number of nitrogens with zero attached hydrogens (tertiary/aromatic N) is 2. The van der Waals surface area contributed by atoms with E-state index in [-0.39, 0.29) is 18.2 Å². The maximum absolute atomic E-state index is 13.5. The van der Waals surface area contributed by atoms with E-state index >= 15 is 0 Å². The van der Waals surface area contributed by atoms with Gasteiger partial charge in [0.05, 0.1) is 35.6 Å². The van der Waals surface area contributed by atoms with Crippen LogP contribution in [-0.2, 0) is 6.18 Å². The molecule has 0 aromatic heterocycles. The molecule has 0 radical (unpaired) electrons. The molecule has 9 heteroatoms. The first kappa shape index (κ1) is 24.9. The van der Waals surface area contributed by atoms with Gasteiger partial charge in [-0.25, -0.2) is 0 Å². The van der Waals surface area contributed by atoms with Crippen molar-refractivity contribution in [2.75, 3.05) is 22.9 Å². The first-order valence-corrected chi connectivity index (χ1v) is 11.1. The van der Waals surface area contributed by atoms with Crippen LogP contribution in [0.15, 0.2) is 78.9 Å². The summed E-state index contributed by atoms with van der Waals surface area (Å²) in [5.74, 6) is 0. The topological polar surface area (TPSA) is 26.7 Å². The van der Waals surface area contributed by atoms with Gasteiger partial charge in [0.1, 0.15) is 0 Å². The van der Waals surface area contributed by atoms with E-state index in [1.54, 1.807) is 24.3 Å². The second-order valence-corrected chi connectivity index (χ2v) is 8.58. The predicted molar refractivity (Wildman–Crippen MR) is 122 cm³/mol. The molecule has 3 nitrogen and oxygen atoms in total. The number of rotatable bonds is 5. The van der Waals surface area contributed by atoms with Gasteiger partial charge in [0, 0.05) is 6.54 Å². The van der Waals surface area contributed by atoms with Crippen molar-refractivity contribution in [1.82, 2.24) is 0 Å². The Morgan fingerprint density at radius 3 is 2.11 bits per heavy atom. The number of alkyl halides is 6. The van der Waals surface area contributed by atoms with Gasteiger partial charge in [-0.2, -0.15) is 26.3 Å². The van der Waals surface area contributed by atoms with Crippen LogP contribution in [0.5, 0.6) is 0 Å². The largest absolute Gasteiger partial charge is 0.416 e. The van der Waals surface area contributed by atoms with Crippen LogP contribution < -0.4 is 9.80 Å². The van der Waals surface area contributed by atoms with Gasteiger partial charge in [0.15, 0.2) is 6.10 Å². The van der Waals surface area contributed by atoms with Gasteiger partial charge >= 0.3 is 12.4 Å². The molecule has 4 rings (SSSR count). The van der Waals surface area contributed by atoms with Crippen LogP contribution in [0.1, 0.15) is 35.7 Å². The monoisotopic (exact) mass is 494 g/mol. The van der Waals surface area contributed by atoms with Gasteiger partial charge in [-0.15, -0.1) is 0 Å². The Kier molecular flexibility index (Phi) is 6.73. The summed E-state index contributed by atoms with van der Waals surface area (Å²) in [6, 6.07) is 19.8. The van der Waals surface area contributed by atoms with Crippen molar-refractivity contribution < 1.29 is 31.4 Å². The van der Waals surface area contributed by atoms with E-state index in [4.69, 9.17) is 0 Å². The molecule has 35 heavy (non-hydrogen) atoms. The molecular weight excluding hydrogens is 470 g/mol. The van der Waals surface area contributed by atoms with Gasteiger partial charge in [-0.05, 0) is 42.3 Å². The number of halogens is 6. The molecule has 1 aliphatic heterocycles. The van der Waals surface area contributed by atoms with Gasteiger partial charge in [-0.3, -0.25) is 0 Å². The van der Waals surface area contributed by atoms with E-state index < -0.39 is 36.6 Å². The molecule has 3 aromatic rings. The van der Waals surface area contributed by atoms with Crippen LogP contribution in [0.4, 0.5) is 37.7 Å². The van der Waals surface area contributed by atoms with Crippen LogP contribution in [0.3, 0.4) is 0 Å². The summed E-state index contributed by atoms with van der Waals surface area (Å²) in [5.41, 5.74) is 1.34. The van der Waals surface area contributed by atoms with Crippen molar-refractivity contribution in [2.24, 2.45) is 0 Å². The molecule has 3 aromatic carbocycles. The number of aliphatic hydroxyl groups is 1. The predicted octanol–water partition coefficient (Wildman–Crippen LogP) is 6.76.